The number of rotatable bonds is 5. The number of hydrogen-bond acceptors (Lipinski definition) is 7. The number of anilines is 1. The Morgan fingerprint density at radius 3 is 2.67 bits per heavy atom. The van der Waals surface area contributed by atoms with Crippen molar-refractivity contribution < 1.29 is 18.9 Å². The summed E-state index contributed by atoms with van der Waals surface area (Å²) in [5.74, 6) is 1.38. The Kier molecular flexibility index (Phi) is 6.65. The summed E-state index contributed by atoms with van der Waals surface area (Å²) in [6.45, 7) is 7.62. The van der Waals surface area contributed by atoms with Gasteiger partial charge in [0.15, 0.2) is 5.43 Å². The van der Waals surface area contributed by atoms with Crippen LogP contribution >= 0.6 is 0 Å². The van der Waals surface area contributed by atoms with Gasteiger partial charge in [0.25, 0.3) is 0 Å². The quantitative estimate of drug-likeness (QED) is 0.360. The SMILES string of the molecule is Cc1cc(C(C)Oc2ccccc2-c2ccc3c(c2)C=NOB3O)c2oc(N3CCCCC3)c(C)c(=O)c2c1. The van der Waals surface area contributed by atoms with Crippen LogP contribution in [0.5, 0.6) is 5.75 Å². The van der Waals surface area contributed by atoms with E-state index in [9.17, 15) is 9.82 Å². The van der Waals surface area contributed by atoms with Crippen molar-refractivity contribution in [3.8, 4) is 16.9 Å². The van der Waals surface area contributed by atoms with Gasteiger partial charge in [-0.15, -0.1) is 5.16 Å². The van der Waals surface area contributed by atoms with E-state index in [-0.39, 0.29) is 11.5 Å². The normalized spacial score (nSPS) is 15.7. The number of ether oxygens (including phenoxy) is 1. The van der Waals surface area contributed by atoms with Crippen LogP contribution in [0.25, 0.3) is 22.1 Å². The van der Waals surface area contributed by atoms with Crippen LogP contribution in [0.4, 0.5) is 5.88 Å². The lowest BCUT2D eigenvalue weighted by Crippen LogP contribution is -2.37. The van der Waals surface area contributed by atoms with Gasteiger partial charge in [0, 0.05) is 29.7 Å². The summed E-state index contributed by atoms with van der Waals surface area (Å²) >= 11 is 0. The molecule has 7 nitrogen and oxygen atoms in total. The van der Waals surface area contributed by atoms with Crippen molar-refractivity contribution in [2.75, 3.05) is 18.0 Å². The smallest absolute Gasteiger partial charge is 0.485 e. The number of para-hydroxylation sites is 1. The van der Waals surface area contributed by atoms with Gasteiger partial charge < -0.3 is 23.8 Å². The van der Waals surface area contributed by atoms with Gasteiger partial charge in [-0.1, -0.05) is 30.3 Å². The zero-order valence-electron chi connectivity index (χ0n) is 22.4. The number of hydrogen-bond donors (Lipinski definition) is 1. The van der Waals surface area contributed by atoms with E-state index in [4.69, 9.17) is 13.9 Å². The van der Waals surface area contributed by atoms with Crippen LogP contribution in [0, 0.1) is 13.8 Å². The van der Waals surface area contributed by atoms with Gasteiger partial charge in [-0.25, -0.2) is 0 Å². The third kappa shape index (κ3) is 4.70. The Balaban J connectivity index is 1.40. The van der Waals surface area contributed by atoms with Gasteiger partial charge in [0.05, 0.1) is 17.2 Å². The molecule has 0 aliphatic carbocycles. The molecule has 39 heavy (non-hydrogen) atoms. The Morgan fingerprint density at radius 1 is 1.05 bits per heavy atom. The molecule has 0 bridgehead atoms. The lowest BCUT2D eigenvalue weighted by molar-refractivity contribution is 0.228. The molecular formula is C31H31BN2O5. The van der Waals surface area contributed by atoms with Gasteiger partial charge in [0.1, 0.15) is 17.4 Å². The van der Waals surface area contributed by atoms with Crippen molar-refractivity contribution in [2.45, 2.75) is 46.1 Å². The average molecular weight is 522 g/mol. The predicted molar refractivity (Wildman–Crippen MR) is 155 cm³/mol. The van der Waals surface area contributed by atoms with E-state index in [1.54, 1.807) is 6.21 Å². The third-order valence-electron chi connectivity index (χ3n) is 7.66. The first-order valence-corrected chi connectivity index (χ1v) is 13.5. The summed E-state index contributed by atoms with van der Waals surface area (Å²) in [5, 5.41) is 14.5. The molecule has 3 heterocycles. The van der Waals surface area contributed by atoms with E-state index in [2.05, 4.69) is 10.1 Å². The minimum absolute atomic E-state index is 0.0104. The van der Waals surface area contributed by atoms with Crippen molar-refractivity contribution in [3.05, 3.63) is 87.1 Å². The number of benzene rings is 3. The Morgan fingerprint density at radius 2 is 1.85 bits per heavy atom. The highest BCUT2D eigenvalue weighted by atomic mass is 16.6. The maximum Gasteiger partial charge on any atom is 0.583 e. The van der Waals surface area contributed by atoms with Gasteiger partial charge in [-0.3, -0.25) is 4.79 Å². The largest absolute Gasteiger partial charge is 0.583 e. The van der Waals surface area contributed by atoms with E-state index in [1.165, 1.54) is 6.42 Å². The Hall–Kier alpha value is -4.04. The van der Waals surface area contributed by atoms with E-state index in [0.717, 1.165) is 53.7 Å². The van der Waals surface area contributed by atoms with E-state index < -0.39 is 7.12 Å². The fraction of sp³-hybridized carbons (Fsp3) is 0.290. The second-order valence-corrected chi connectivity index (χ2v) is 10.4. The summed E-state index contributed by atoms with van der Waals surface area (Å²) in [6.07, 6.45) is 4.61. The molecule has 8 heteroatoms. The van der Waals surface area contributed by atoms with Gasteiger partial charge in [-0.05, 0) is 81.0 Å². The maximum atomic E-state index is 13.5. The second kappa shape index (κ2) is 10.3. The molecular weight excluding hydrogens is 491 g/mol. The predicted octanol–water partition coefficient (Wildman–Crippen LogP) is 5.26. The number of fused-ring (bicyclic) bond motifs is 2. The van der Waals surface area contributed by atoms with Crippen molar-refractivity contribution >= 4 is 35.6 Å². The summed E-state index contributed by atoms with van der Waals surface area (Å²) in [6, 6.07) is 17.5. The van der Waals surface area contributed by atoms with Crippen molar-refractivity contribution in [2.24, 2.45) is 5.16 Å². The van der Waals surface area contributed by atoms with Crippen LogP contribution < -0.4 is 20.5 Å². The van der Waals surface area contributed by atoms with Crippen LogP contribution in [0.1, 0.15) is 54.5 Å². The van der Waals surface area contributed by atoms with Crippen molar-refractivity contribution in [1.82, 2.24) is 0 Å². The Bertz CT molecular complexity index is 1640. The molecule has 1 saturated heterocycles. The molecule has 0 spiro atoms. The number of aryl methyl sites for hydroxylation is 1. The number of piperidine rings is 1. The molecule has 6 rings (SSSR count). The number of nitrogens with zero attached hydrogens (tertiary/aromatic N) is 2. The van der Waals surface area contributed by atoms with Crippen LogP contribution in [-0.4, -0.2) is 31.4 Å². The zero-order valence-corrected chi connectivity index (χ0v) is 22.4. The summed E-state index contributed by atoms with van der Waals surface area (Å²) in [7, 11) is -1.08. The van der Waals surface area contributed by atoms with Gasteiger partial charge >= 0.3 is 7.12 Å². The summed E-state index contributed by atoms with van der Waals surface area (Å²) in [5.41, 5.74) is 6.37. The molecule has 198 valence electrons. The second-order valence-electron chi connectivity index (χ2n) is 10.4. The minimum atomic E-state index is -1.08. The van der Waals surface area contributed by atoms with Crippen LogP contribution in [0.2, 0.25) is 0 Å². The molecule has 1 unspecified atom stereocenters. The van der Waals surface area contributed by atoms with Crippen LogP contribution in [-0.2, 0) is 4.76 Å². The highest BCUT2D eigenvalue weighted by Crippen LogP contribution is 2.36. The molecule has 2 aliphatic rings. The first kappa shape index (κ1) is 25.3. The minimum Gasteiger partial charge on any atom is -0.485 e. The standard InChI is InChI=1S/C31H31BN2O5/c1-19-15-25(30-26(16-19)29(35)20(2)31(38-30)34-13-7-4-8-14-34)21(3)37-28-10-6-5-9-24(28)22-11-12-27-23(17-22)18-33-39-32(27)36/h5-6,9-12,15-18,21,36H,4,7-8,13-14H2,1-3H3. The molecule has 1 N–H and O–H groups in total. The number of oxime groups is 1. The zero-order chi connectivity index (χ0) is 27.1. The molecule has 0 radical (unpaired) electrons. The maximum absolute atomic E-state index is 13.5. The molecule has 3 aromatic carbocycles. The van der Waals surface area contributed by atoms with E-state index in [1.807, 2.05) is 75.4 Å². The molecule has 1 atom stereocenters. The molecule has 0 amide bonds. The highest BCUT2D eigenvalue weighted by molar-refractivity contribution is 6.62. The molecule has 0 saturated carbocycles. The first-order valence-electron chi connectivity index (χ1n) is 13.5. The lowest BCUT2D eigenvalue weighted by Gasteiger charge is -2.29. The van der Waals surface area contributed by atoms with Crippen molar-refractivity contribution in [3.63, 3.8) is 0 Å². The molecule has 1 fully saturated rings. The fourth-order valence-corrected chi connectivity index (χ4v) is 5.60. The first-order chi connectivity index (χ1) is 18.9. The lowest BCUT2D eigenvalue weighted by atomic mass is 9.75. The van der Waals surface area contributed by atoms with Crippen molar-refractivity contribution in [1.29, 1.82) is 0 Å². The monoisotopic (exact) mass is 522 g/mol. The molecule has 4 aromatic rings. The molecule has 2 aliphatic heterocycles. The average Bonchev–Trinajstić information content (AvgIpc) is 2.95. The topological polar surface area (TPSA) is 84.5 Å². The van der Waals surface area contributed by atoms with E-state index in [0.29, 0.717) is 33.6 Å². The van der Waals surface area contributed by atoms with E-state index >= 15 is 0 Å². The Labute approximate surface area is 227 Å². The third-order valence-corrected chi connectivity index (χ3v) is 7.66. The highest BCUT2D eigenvalue weighted by Gasteiger charge is 2.26. The van der Waals surface area contributed by atoms with Gasteiger partial charge in [-0.2, -0.15) is 0 Å². The summed E-state index contributed by atoms with van der Waals surface area (Å²) < 4.78 is 18.1. The summed E-state index contributed by atoms with van der Waals surface area (Å²) in [4.78, 5) is 15.7. The fourth-order valence-electron chi connectivity index (χ4n) is 5.60. The van der Waals surface area contributed by atoms with Gasteiger partial charge in [0.2, 0.25) is 5.88 Å². The van der Waals surface area contributed by atoms with Crippen LogP contribution in [0.15, 0.2) is 69.0 Å². The van der Waals surface area contributed by atoms with Crippen LogP contribution in [0.3, 0.4) is 0 Å². The molecule has 1 aromatic heterocycles.